The van der Waals surface area contributed by atoms with Gasteiger partial charge in [0.1, 0.15) is 0 Å². The molecule has 0 amide bonds. The lowest BCUT2D eigenvalue weighted by molar-refractivity contribution is -0.138. The van der Waals surface area contributed by atoms with Gasteiger partial charge < -0.3 is 0 Å². The van der Waals surface area contributed by atoms with Crippen LogP contribution in [0.15, 0.2) is 12.1 Å². The van der Waals surface area contributed by atoms with E-state index in [0.717, 1.165) is 0 Å². The Labute approximate surface area is 95.4 Å². The highest BCUT2D eigenvalue weighted by atomic mass is 79.9. The standard InChI is InChI=1S/C9H4BrF5O/c10-3-8(16)4-1-6(11)7(12)2-5(4)9(13,14)15/h1-2H,3H2. The molecule has 1 aromatic carbocycles. The number of benzene rings is 1. The molecule has 1 aromatic rings. The van der Waals surface area contributed by atoms with Gasteiger partial charge in [-0.1, -0.05) is 15.9 Å². The first-order valence-electron chi connectivity index (χ1n) is 3.92. The van der Waals surface area contributed by atoms with E-state index in [1.54, 1.807) is 0 Å². The number of alkyl halides is 4. The Kier molecular flexibility index (Phi) is 3.67. The highest BCUT2D eigenvalue weighted by Gasteiger charge is 2.36. The zero-order valence-electron chi connectivity index (χ0n) is 7.54. The van der Waals surface area contributed by atoms with E-state index in [1.165, 1.54) is 0 Å². The molecule has 0 spiro atoms. The molecule has 16 heavy (non-hydrogen) atoms. The second kappa shape index (κ2) is 4.48. The Morgan fingerprint density at radius 3 is 2.12 bits per heavy atom. The number of halogens is 6. The molecule has 0 N–H and O–H groups in total. The van der Waals surface area contributed by atoms with E-state index in [1.807, 2.05) is 0 Å². The molecular formula is C9H4BrF5O. The first-order valence-corrected chi connectivity index (χ1v) is 5.05. The summed E-state index contributed by atoms with van der Waals surface area (Å²) in [6.45, 7) is 0. The third kappa shape index (κ3) is 2.58. The molecule has 0 atom stereocenters. The van der Waals surface area contributed by atoms with Gasteiger partial charge in [0.25, 0.3) is 0 Å². The van der Waals surface area contributed by atoms with Crippen LogP contribution in [0.2, 0.25) is 0 Å². The molecule has 0 bridgehead atoms. The van der Waals surface area contributed by atoms with Crippen molar-refractivity contribution in [2.24, 2.45) is 0 Å². The van der Waals surface area contributed by atoms with Crippen LogP contribution in [0.3, 0.4) is 0 Å². The summed E-state index contributed by atoms with van der Waals surface area (Å²) in [7, 11) is 0. The molecule has 88 valence electrons. The van der Waals surface area contributed by atoms with E-state index in [4.69, 9.17) is 0 Å². The highest BCUT2D eigenvalue weighted by Crippen LogP contribution is 2.33. The minimum Gasteiger partial charge on any atom is -0.293 e. The molecule has 7 heteroatoms. The van der Waals surface area contributed by atoms with Gasteiger partial charge in [-0.25, -0.2) is 8.78 Å². The summed E-state index contributed by atoms with van der Waals surface area (Å²) in [6.07, 6.45) is -4.90. The van der Waals surface area contributed by atoms with Crippen LogP contribution in [-0.2, 0) is 6.18 Å². The normalized spacial score (nSPS) is 11.6. The fourth-order valence-electron chi connectivity index (χ4n) is 1.08. The topological polar surface area (TPSA) is 17.1 Å². The molecule has 1 nitrogen and oxygen atoms in total. The predicted molar refractivity (Wildman–Crippen MR) is 49.5 cm³/mol. The highest BCUT2D eigenvalue weighted by molar-refractivity contribution is 9.09. The van der Waals surface area contributed by atoms with Crippen LogP contribution >= 0.6 is 15.9 Å². The van der Waals surface area contributed by atoms with Crippen LogP contribution in [0.5, 0.6) is 0 Å². The van der Waals surface area contributed by atoms with Gasteiger partial charge in [-0.05, 0) is 12.1 Å². The zero-order chi connectivity index (χ0) is 12.5. The van der Waals surface area contributed by atoms with Crippen molar-refractivity contribution >= 4 is 21.7 Å². The SMILES string of the molecule is O=C(CBr)c1cc(F)c(F)cc1C(F)(F)F. The Morgan fingerprint density at radius 2 is 1.69 bits per heavy atom. The van der Waals surface area contributed by atoms with Crippen molar-refractivity contribution in [3.8, 4) is 0 Å². The third-order valence-corrected chi connectivity index (χ3v) is 2.30. The quantitative estimate of drug-likeness (QED) is 0.464. The summed E-state index contributed by atoms with van der Waals surface area (Å²) in [5, 5.41) is -0.402. The summed E-state index contributed by atoms with van der Waals surface area (Å²) < 4.78 is 62.6. The smallest absolute Gasteiger partial charge is 0.293 e. The fourth-order valence-corrected chi connectivity index (χ4v) is 1.39. The summed E-state index contributed by atoms with van der Waals surface area (Å²) in [5.41, 5.74) is -2.36. The molecule has 0 radical (unpaired) electrons. The van der Waals surface area contributed by atoms with E-state index < -0.39 is 40.1 Å². The van der Waals surface area contributed by atoms with E-state index in [2.05, 4.69) is 15.9 Å². The van der Waals surface area contributed by atoms with Gasteiger partial charge in [-0.15, -0.1) is 0 Å². The molecule has 0 aromatic heterocycles. The lowest BCUT2D eigenvalue weighted by Crippen LogP contribution is -2.15. The van der Waals surface area contributed by atoms with Crippen LogP contribution in [-0.4, -0.2) is 11.1 Å². The van der Waals surface area contributed by atoms with Gasteiger partial charge in [0.15, 0.2) is 17.4 Å². The summed E-state index contributed by atoms with van der Waals surface area (Å²) >= 11 is 2.66. The van der Waals surface area contributed by atoms with Crippen molar-refractivity contribution in [1.29, 1.82) is 0 Å². The third-order valence-electron chi connectivity index (χ3n) is 1.79. The Balaban J connectivity index is 3.45. The minimum absolute atomic E-state index is 0.0226. The second-order valence-corrected chi connectivity index (χ2v) is 3.43. The minimum atomic E-state index is -4.90. The second-order valence-electron chi connectivity index (χ2n) is 2.87. The number of carbonyl (C=O) groups excluding carboxylic acids is 1. The number of Topliss-reactive ketones (excluding diaryl/α,β-unsaturated/α-hetero) is 1. The summed E-state index contributed by atoms with van der Waals surface area (Å²) in [4.78, 5) is 11.1. The molecule has 0 aliphatic heterocycles. The Bertz CT molecular complexity index is 427. The predicted octanol–water partition coefficient (Wildman–Crippen LogP) is 3.56. The van der Waals surface area contributed by atoms with Crippen LogP contribution < -0.4 is 0 Å². The van der Waals surface area contributed by atoms with Crippen molar-refractivity contribution in [1.82, 2.24) is 0 Å². The van der Waals surface area contributed by atoms with Gasteiger partial charge in [-0.3, -0.25) is 4.79 Å². The molecule has 0 unspecified atom stereocenters. The van der Waals surface area contributed by atoms with Crippen molar-refractivity contribution in [3.05, 3.63) is 34.9 Å². The molecule has 0 fully saturated rings. The molecule has 0 aliphatic rings. The van der Waals surface area contributed by atoms with Crippen LogP contribution in [0.4, 0.5) is 22.0 Å². The molecule has 0 saturated carbocycles. The maximum Gasteiger partial charge on any atom is 0.417 e. The van der Waals surface area contributed by atoms with Crippen LogP contribution in [0.25, 0.3) is 0 Å². The largest absolute Gasteiger partial charge is 0.417 e. The van der Waals surface area contributed by atoms with E-state index in [0.29, 0.717) is 0 Å². The molecule has 1 rings (SSSR count). The van der Waals surface area contributed by atoms with Crippen LogP contribution in [0.1, 0.15) is 15.9 Å². The van der Waals surface area contributed by atoms with Gasteiger partial charge in [0.05, 0.1) is 10.9 Å². The molecule has 0 heterocycles. The van der Waals surface area contributed by atoms with E-state index >= 15 is 0 Å². The van der Waals surface area contributed by atoms with Gasteiger partial charge in [0.2, 0.25) is 0 Å². The zero-order valence-corrected chi connectivity index (χ0v) is 9.12. The first-order chi connectivity index (χ1) is 7.27. The molecular weight excluding hydrogens is 299 g/mol. The van der Waals surface area contributed by atoms with Crippen molar-refractivity contribution in [2.45, 2.75) is 6.18 Å². The number of hydrogen-bond donors (Lipinski definition) is 0. The fraction of sp³-hybridized carbons (Fsp3) is 0.222. The monoisotopic (exact) mass is 302 g/mol. The number of rotatable bonds is 2. The van der Waals surface area contributed by atoms with Gasteiger partial charge in [-0.2, -0.15) is 13.2 Å². The number of hydrogen-bond acceptors (Lipinski definition) is 1. The van der Waals surface area contributed by atoms with Gasteiger partial charge in [0, 0.05) is 5.56 Å². The Morgan fingerprint density at radius 1 is 1.19 bits per heavy atom. The van der Waals surface area contributed by atoms with Crippen molar-refractivity contribution in [3.63, 3.8) is 0 Å². The van der Waals surface area contributed by atoms with E-state index in [9.17, 15) is 26.7 Å². The van der Waals surface area contributed by atoms with E-state index in [-0.39, 0.29) is 12.1 Å². The molecule has 0 saturated heterocycles. The summed E-state index contributed by atoms with van der Waals surface area (Å²) in [5.74, 6) is -4.10. The first kappa shape index (κ1) is 13.1. The van der Waals surface area contributed by atoms with Gasteiger partial charge >= 0.3 is 6.18 Å². The van der Waals surface area contributed by atoms with Crippen molar-refractivity contribution in [2.75, 3.05) is 5.33 Å². The number of ketones is 1. The Hall–Kier alpha value is -0.980. The lowest BCUT2D eigenvalue weighted by atomic mass is 10.0. The maximum atomic E-state index is 12.7. The van der Waals surface area contributed by atoms with Crippen LogP contribution in [0, 0.1) is 11.6 Å². The number of carbonyl (C=O) groups is 1. The van der Waals surface area contributed by atoms with Crippen molar-refractivity contribution < 1.29 is 26.7 Å². The lowest BCUT2D eigenvalue weighted by Gasteiger charge is -2.11. The average molecular weight is 303 g/mol. The maximum absolute atomic E-state index is 12.7. The molecule has 0 aliphatic carbocycles. The summed E-state index contributed by atoms with van der Waals surface area (Å²) in [6, 6.07) is 0.229. The average Bonchev–Trinajstić information content (AvgIpc) is 2.18.